The highest BCUT2D eigenvalue weighted by Gasteiger charge is 2.35. The first-order valence-corrected chi connectivity index (χ1v) is 7.09. The maximum absolute atomic E-state index is 12.1. The van der Waals surface area contributed by atoms with Crippen LogP contribution in [-0.2, 0) is 4.79 Å². The van der Waals surface area contributed by atoms with Crippen molar-refractivity contribution in [3.05, 3.63) is 11.1 Å². The second kappa shape index (κ2) is 5.66. The lowest BCUT2D eigenvalue weighted by Gasteiger charge is -2.27. The second-order valence-electron chi connectivity index (χ2n) is 4.82. The van der Waals surface area contributed by atoms with Crippen molar-refractivity contribution in [2.24, 2.45) is 0 Å². The molecular formula is C12H17N3O3S. The summed E-state index contributed by atoms with van der Waals surface area (Å²) in [4.78, 5) is 27.0. The van der Waals surface area contributed by atoms with E-state index >= 15 is 0 Å². The Morgan fingerprint density at radius 2 is 2.16 bits per heavy atom. The van der Waals surface area contributed by atoms with Gasteiger partial charge in [-0.25, -0.2) is 4.98 Å². The van der Waals surface area contributed by atoms with Gasteiger partial charge in [-0.15, -0.1) is 11.3 Å². The first kappa shape index (κ1) is 14.0. The zero-order valence-corrected chi connectivity index (χ0v) is 11.5. The summed E-state index contributed by atoms with van der Waals surface area (Å²) in [6.45, 7) is 1.34. The number of nitrogens with one attached hydrogen (secondary N) is 2. The van der Waals surface area contributed by atoms with Crippen LogP contribution in [0.4, 0.5) is 5.13 Å². The molecule has 3 N–H and O–H groups in total. The van der Waals surface area contributed by atoms with E-state index in [4.69, 9.17) is 0 Å². The van der Waals surface area contributed by atoms with Crippen LogP contribution in [0.3, 0.4) is 0 Å². The van der Waals surface area contributed by atoms with Crippen LogP contribution in [0.15, 0.2) is 5.38 Å². The zero-order chi connectivity index (χ0) is 13.9. The van der Waals surface area contributed by atoms with Gasteiger partial charge in [0.25, 0.3) is 5.91 Å². The molecule has 0 atom stereocenters. The molecule has 0 saturated heterocycles. The van der Waals surface area contributed by atoms with Crippen LogP contribution in [0.25, 0.3) is 0 Å². The van der Waals surface area contributed by atoms with Gasteiger partial charge in [0.15, 0.2) is 5.13 Å². The molecule has 2 rings (SSSR count). The monoisotopic (exact) mass is 283 g/mol. The Bertz CT molecular complexity index is 480. The Labute approximate surface area is 115 Å². The van der Waals surface area contributed by atoms with Gasteiger partial charge in [0.1, 0.15) is 5.69 Å². The quantitative estimate of drug-likeness (QED) is 0.772. The molecule has 0 radical (unpaired) electrons. The van der Waals surface area contributed by atoms with E-state index in [9.17, 15) is 14.7 Å². The van der Waals surface area contributed by atoms with E-state index in [2.05, 4.69) is 15.6 Å². The van der Waals surface area contributed by atoms with E-state index in [0.717, 1.165) is 25.7 Å². The molecule has 1 heterocycles. The lowest BCUT2D eigenvalue weighted by molar-refractivity contribution is -0.114. The molecule has 1 fully saturated rings. The van der Waals surface area contributed by atoms with Crippen molar-refractivity contribution in [1.29, 1.82) is 0 Å². The number of nitrogens with zero attached hydrogens (tertiary/aromatic N) is 1. The minimum atomic E-state index is -0.505. The molecule has 104 valence electrons. The van der Waals surface area contributed by atoms with Crippen molar-refractivity contribution in [3.63, 3.8) is 0 Å². The van der Waals surface area contributed by atoms with Crippen molar-refractivity contribution in [1.82, 2.24) is 10.3 Å². The third kappa shape index (κ3) is 3.30. The highest BCUT2D eigenvalue weighted by Crippen LogP contribution is 2.29. The predicted molar refractivity (Wildman–Crippen MR) is 72.2 cm³/mol. The summed E-state index contributed by atoms with van der Waals surface area (Å²) in [5.74, 6) is -0.521. The van der Waals surface area contributed by atoms with E-state index in [1.165, 1.54) is 18.3 Å². The molecule has 0 aliphatic heterocycles. The van der Waals surface area contributed by atoms with Gasteiger partial charge in [0.2, 0.25) is 5.91 Å². The van der Waals surface area contributed by atoms with Crippen molar-refractivity contribution < 1.29 is 14.7 Å². The number of anilines is 1. The van der Waals surface area contributed by atoms with E-state index in [1.54, 1.807) is 5.38 Å². The number of rotatable bonds is 4. The summed E-state index contributed by atoms with van der Waals surface area (Å²) < 4.78 is 0. The van der Waals surface area contributed by atoms with E-state index < -0.39 is 5.54 Å². The number of aliphatic hydroxyl groups excluding tert-OH is 1. The standard InChI is InChI=1S/C12H17N3O3S/c1-8(17)13-11-14-9(6-19-11)10(18)15-12(7-16)4-2-3-5-12/h6,16H,2-5,7H2,1H3,(H,15,18)(H,13,14,17). The number of aromatic nitrogens is 1. The molecule has 2 amide bonds. The van der Waals surface area contributed by atoms with Gasteiger partial charge >= 0.3 is 0 Å². The molecule has 1 aromatic rings. The Hall–Kier alpha value is -1.47. The molecule has 1 aliphatic rings. The molecular weight excluding hydrogens is 266 g/mol. The fourth-order valence-electron chi connectivity index (χ4n) is 2.27. The third-order valence-corrected chi connectivity index (χ3v) is 4.02. The summed E-state index contributed by atoms with van der Waals surface area (Å²) in [7, 11) is 0. The SMILES string of the molecule is CC(=O)Nc1nc(C(=O)NC2(CO)CCCC2)cs1. The van der Waals surface area contributed by atoms with Gasteiger partial charge in [0, 0.05) is 12.3 Å². The van der Waals surface area contributed by atoms with Crippen LogP contribution < -0.4 is 10.6 Å². The summed E-state index contributed by atoms with van der Waals surface area (Å²) in [5.41, 5.74) is -0.233. The Morgan fingerprint density at radius 3 is 2.74 bits per heavy atom. The van der Waals surface area contributed by atoms with Crippen LogP contribution in [-0.4, -0.2) is 34.1 Å². The molecule has 0 unspecified atom stereocenters. The molecule has 19 heavy (non-hydrogen) atoms. The van der Waals surface area contributed by atoms with Crippen LogP contribution in [0.5, 0.6) is 0 Å². The molecule has 6 nitrogen and oxygen atoms in total. The number of carbonyl (C=O) groups is 2. The summed E-state index contributed by atoms with van der Waals surface area (Å²) >= 11 is 1.20. The Balaban J connectivity index is 2.03. The summed E-state index contributed by atoms with van der Waals surface area (Å²) in [6, 6.07) is 0. The maximum atomic E-state index is 12.1. The normalized spacial score (nSPS) is 17.2. The van der Waals surface area contributed by atoms with E-state index in [0.29, 0.717) is 5.13 Å². The second-order valence-corrected chi connectivity index (χ2v) is 5.68. The number of aliphatic hydroxyl groups is 1. The molecule has 1 saturated carbocycles. The molecule has 0 bridgehead atoms. The van der Waals surface area contributed by atoms with Gasteiger partial charge < -0.3 is 15.7 Å². The smallest absolute Gasteiger partial charge is 0.271 e. The zero-order valence-electron chi connectivity index (χ0n) is 10.7. The van der Waals surface area contributed by atoms with Crippen molar-refractivity contribution in [2.45, 2.75) is 38.1 Å². The molecule has 7 heteroatoms. The molecule has 1 aliphatic carbocycles. The van der Waals surface area contributed by atoms with Crippen LogP contribution in [0, 0.1) is 0 Å². The fraction of sp³-hybridized carbons (Fsp3) is 0.583. The van der Waals surface area contributed by atoms with Crippen molar-refractivity contribution in [2.75, 3.05) is 11.9 Å². The number of hydrogen-bond acceptors (Lipinski definition) is 5. The van der Waals surface area contributed by atoms with Gasteiger partial charge in [-0.1, -0.05) is 12.8 Å². The number of amides is 2. The molecule has 0 spiro atoms. The minimum absolute atomic E-state index is 0.0541. The third-order valence-electron chi connectivity index (χ3n) is 3.26. The lowest BCUT2D eigenvalue weighted by atomic mass is 9.99. The summed E-state index contributed by atoms with van der Waals surface area (Å²) in [5, 5.41) is 16.9. The Kier molecular flexibility index (Phi) is 4.16. The lowest BCUT2D eigenvalue weighted by Crippen LogP contribution is -2.49. The van der Waals surface area contributed by atoms with Gasteiger partial charge in [-0.05, 0) is 12.8 Å². The largest absolute Gasteiger partial charge is 0.394 e. The minimum Gasteiger partial charge on any atom is -0.394 e. The van der Waals surface area contributed by atoms with Gasteiger partial charge in [-0.3, -0.25) is 9.59 Å². The average Bonchev–Trinajstić information content (AvgIpc) is 2.98. The fourth-order valence-corrected chi connectivity index (χ4v) is 3.00. The molecule has 0 aromatic carbocycles. The molecule has 1 aromatic heterocycles. The first-order chi connectivity index (χ1) is 9.04. The van der Waals surface area contributed by atoms with Crippen LogP contribution in [0.1, 0.15) is 43.1 Å². The Morgan fingerprint density at radius 1 is 1.47 bits per heavy atom. The first-order valence-electron chi connectivity index (χ1n) is 6.21. The summed E-state index contributed by atoms with van der Waals surface area (Å²) in [6.07, 6.45) is 3.60. The number of thiazole rings is 1. The van der Waals surface area contributed by atoms with E-state index in [1.807, 2.05) is 0 Å². The highest BCUT2D eigenvalue weighted by atomic mass is 32.1. The maximum Gasteiger partial charge on any atom is 0.271 e. The number of hydrogen-bond donors (Lipinski definition) is 3. The van der Waals surface area contributed by atoms with Crippen molar-refractivity contribution >= 4 is 28.3 Å². The highest BCUT2D eigenvalue weighted by molar-refractivity contribution is 7.14. The van der Waals surface area contributed by atoms with Gasteiger partial charge in [-0.2, -0.15) is 0 Å². The average molecular weight is 283 g/mol. The van der Waals surface area contributed by atoms with Gasteiger partial charge in [0.05, 0.1) is 12.1 Å². The van der Waals surface area contributed by atoms with Crippen molar-refractivity contribution in [3.8, 4) is 0 Å². The van der Waals surface area contributed by atoms with Crippen LogP contribution in [0.2, 0.25) is 0 Å². The van der Waals surface area contributed by atoms with Crippen LogP contribution >= 0.6 is 11.3 Å². The van der Waals surface area contributed by atoms with E-state index in [-0.39, 0.29) is 24.1 Å². The topological polar surface area (TPSA) is 91.3 Å². The predicted octanol–water partition coefficient (Wildman–Crippen LogP) is 1.14. The number of carbonyl (C=O) groups excluding carboxylic acids is 2.